The number of nitrogens with zero attached hydrogens (tertiary/aromatic N) is 2. The molecule has 0 fully saturated rings. The van der Waals surface area contributed by atoms with Crippen molar-refractivity contribution in [1.82, 2.24) is 9.78 Å². The Morgan fingerprint density at radius 3 is 2.50 bits per heavy atom. The van der Waals surface area contributed by atoms with E-state index in [9.17, 15) is 18.0 Å². The molecule has 0 amide bonds. The number of aromatic nitrogens is 2. The molecule has 2 aromatic carbocycles. The molecule has 4 aromatic rings. The van der Waals surface area contributed by atoms with Gasteiger partial charge in [0.2, 0.25) is 0 Å². The zero-order valence-corrected chi connectivity index (χ0v) is 27.3. The van der Waals surface area contributed by atoms with Gasteiger partial charge in [-0.25, -0.2) is 8.42 Å². The lowest BCUT2D eigenvalue weighted by Gasteiger charge is -2.22. The number of esters is 1. The molecule has 1 atom stereocenters. The topological polar surface area (TPSA) is 143 Å². The van der Waals surface area contributed by atoms with Crippen LogP contribution >= 0.6 is 22.9 Å². The zero-order chi connectivity index (χ0) is 32.2. The number of carbonyl (C=O) groups excluding carboxylic acids is 2. The van der Waals surface area contributed by atoms with Crippen LogP contribution in [0.15, 0.2) is 71.0 Å². The number of benzene rings is 2. The highest BCUT2D eigenvalue weighted by atomic mass is 35.5. The predicted molar refractivity (Wildman–Crippen MR) is 173 cm³/mol. The van der Waals surface area contributed by atoms with Crippen LogP contribution in [-0.4, -0.2) is 48.7 Å². The molecule has 0 spiro atoms. The van der Waals surface area contributed by atoms with Crippen LogP contribution in [0.2, 0.25) is 4.34 Å². The van der Waals surface area contributed by atoms with Gasteiger partial charge in [-0.1, -0.05) is 48.5 Å². The van der Waals surface area contributed by atoms with Crippen molar-refractivity contribution in [2.45, 2.75) is 62.4 Å². The number of nitrogens with one attached hydrogen (secondary N) is 1. The number of carbonyl (C=O) groups is 2. The number of methoxy groups -OCH3 is 1. The smallest absolute Gasteiger partial charge is 0.323 e. The first kappa shape index (κ1) is 33.2. The number of sulfonamides is 1. The average Bonchev–Trinajstić information content (AvgIpc) is 3.54. The molecule has 4 rings (SSSR count). The Morgan fingerprint density at radius 2 is 1.84 bits per heavy atom. The lowest BCUT2D eigenvalue weighted by atomic mass is 9.98. The molecule has 0 bridgehead atoms. The van der Waals surface area contributed by atoms with Crippen LogP contribution in [-0.2, 0) is 37.3 Å². The number of anilines is 1. The van der Waals surface area contributed by atoms with Gasteiger partial charge in [0, 0.05) is 6.42 Å². The minimum Gasteiger partial charge on any atom is -0.496 e. The molecule has 10 nitrogen and oxygen atoms in total. The quantitative estimate of drug-likeness (QED) is 0.137. The average molecular weight is 659 g/mol. The number of hydrogen-bond acceptors (Lipinski definition) is 9. The Hall–Kier alpha value is -3.71. The fourth-order valence-electron chi connectivity index (χ4n) is 4.47. The molecule has 2 heterocycles. The summed E-state index contributed by atoms with van der Waals surface area (Å²) in [7, 11) is -2.42. The van der Waals surface area contributed by atoms with Crippen LogP contribution in [0.4, 0.5) is 5.82 Å². The van der Waals surface area contributed by atoms with Crippen molar-refractivity contribution < 1.29 is 27.5 Å². The minimum atomic E-state index is -3.94. The van der Waals surface area contributed by atoms with Crippen molar-refractivity contribution in [3.05, 3.63) is 82.2 Å². The molecular weight excluding hydrogens is 624 g/mol. The minimum absolute atomic E-state index is 0.0692. The summed E-state index contributed by atoms with van der Waals surface area (Å²) in [6.07, 6.45) is 0.765. The van der Waals surface area contributed by atoms with Crippen LogP contribution in [0.1, 0.15) is 44.7 Å². The monoisotopic (exact) mass is 658 g/mol. The Morgan fingerprint density at radius 1 is 1.14 bits per heavy atom. The van der Waals surface area contributed by atoms with Crippen LogP contribution < -0.4 is 15.2 Å². The molecule has 2 aromatic heterocycles. The largest absolute Gasteiger partial charge is 0.496 e. The van der Waals surface area contributed by atoms with Crippen molar-refractivity contribution in [2.75, 3.05) is 11.8 Å². The first-order chi connectivity index (χ1) is 20.7. The molecule has 234 valence electrons. The number of aryl methyl sites for hydroxylation is 1. The number of halogens is 1. The second kappa shape index (κ2) is 13.5. The lowest BCUT2D eigenvalue weighted by Crippen LogP contribution is -2.39. The van der Waals surface area contributed by atoms with Gasteiger partial charge in [-0.05, 0) is 74.6 Å². The summed E-state index contributed by atoms with van der Waals surface area (Å²) in [6.45, 7) is 9.46. The van der Waals surface area contributed by atoms with Gasteiger partial charge in [-0.15, -0.1) is 11.3 Å². The number of ketones is 1. The maximum atomic E-state index is 13.1. The van der Waals surface area contributed by atoms with Gasteiger partial charge in [0.1, 0.15) is 21.6 Å². The van der Waals surface area contributed by atoms with Gasteiger partial charge in [0.05, 0.1) is 28.9 Å². The Labute approximate surface area is 265 Å². The third kappa shape index (κ3) is 8.26. The molecule has 0 aliphatic heterocycles. The fraction of sp³-hybridized carbons (Fsp3) is 0.323. The van der Waals surface area contributed by atoms with Gasteiger partial charge >= 0.3 is 5.97 Å². The van der Waals surface area contributed by atoms with E-state index in [4.69, 9.17) is 26.8 Å². The van der Waals surface area contributed by atoms with Gasteiger partial charge in [0.25, 0.3) is 10.0 Å². The summed E-state index contributed by atoms with van der Waals surface area (Å²) in [4.78, 5) is 24.8. The number of allylic oxidation sites excluding steroid dienone is 1. The maximum Gasteiger partial charge on any atom is 0.323 e. The van der Waals surface area contributed by atoms with Crippen molar-refractivity contribution in [2.24, 2.45) is 5.73 Å². The standard InChI is InChI=1S/C31H35ClN4O6S2/c1-19(24(37)17-22(33)30(38)42-31(2,3)4)12-13-20-8-6-9-21(16-20)18-36-23-10-7-11-25(41-5)28(23)29(34-36)35-44(39,40)27-15-14-26(32)43-27/h6-11,14-16,22H,1,12-13,17-18,33H2,2-5H3,(H,34,35). The van der Waals surface area contributed by atoms with Gasteiger partial charge < -0.3 is 15.2 Å². The third-order valence-corrected chi connectivity index (χ3v) is 9.61. The zero-order valence-electron chi connectivity index (χ0n) is 24.9. The SMILES string of the molecule is C=C(CCc1cccc(Cn2nc(NS(=O)(=O)c3ccc(Cl)s3)c3c(OC)cccc32)c1)C(=O)CC(N)C(=O)OC(C)(C)C. The molecule has 44 heavy (non-hydrogen) atoms. The van der Waals surface area contributed by atoms with E-state index in [0.717, 1.165) is 22.5 Å². The van der Waals surface area contributed by atoms with E-state index in [1.54, 1.807) is 31.5 Å². The van der Waals surface area contributed by atoms with Crippen molar-refractivity contribution in [3.8, 4) is 5.75 Å². The van der Waals surface area contributed by atoms with E-state index in [0.29, 0.717) is 45.9 Å². The van der Waals surface area contributed by atoms with E-state index in [1.165, 1.54) is 19.2 Å². The number of rotatable bonds is 13. The molecule has 13 heteroatoms. The van der Waals surface area contributed by atoms with Gasteiger partial charge in [0.15, 0.2) is 11.6 Å². The second-order valence-electron chi connectivity index (χ2n) is 11.2. The Kier molecular flexibility index (Phi) is 10.2. The highest BCUT2D eigenvalue weighted by Crippen LogP contribution is 2.35. The van der Waals surface area contributed by atoms with Crippen LogP contribution in [0.3, 0.4) is 0 Å². The van der Waals surface area contributed by atoms with Crippen molar-refractivity contribution in [3.63, 3.8) is 0 Å². The normalized spacial score (nSPS) is 12.6. The molecule has 0 aliphatic rings. The molecule has 1 unspecified atom stereocenters. The second-order valence-corrected chi connectivity index (χ2v) is 14.8. The van der Waals surface area contributed by atoms with E-state index in [1.807, 2.05) is 36.4 Å². The molecule has 0 saturated carbocycles. The van der Waals surface area contributed by atoms with Crippen LogP contribution in [0.5, 0.6) is 5.75 Å². The molecule has 0 aliphatic carbocycles. The Bertz CT molecular complexity index is 1810. The predicted octanol–water partition coefficient (Wildman–Crippen LogP) is 5.73. The molecule has 3 N–H and O–H groups in total. The van der Waals surface area contributed by atoms with Crippen LogP contribution in [0, 0.1) is 0 Å². The number of Topliss-reactive ketones (excluding diaryl/α,β-unsaturated/α-hetero) is 1. The van der Waals surface area contributed by atoms with Gasteiger partial charge in [-0.3, -0.25) is 19.0 Å². The van der Waals surface area contributed by atoms with E-state index in [2.05, 4.69) is 16.4 Å². The summed E-state index contributed by atoms with van der Waals surface area (Å²) in [5.74, 6) is -0.297. The number of nitrogens with two attached hydrogens (primary N) is 1. The van der Waals surface area contributed by atoms with E-state index in [-0.39, 0.29) is 22.2 Å². The molecular formula is C31H35ClN4O6S2. The number of fused-ring (bicyclic) bond motifs is 1. The highest BCUT2D eigenvalue weighted by molar-refractivity contribution is 7.94. The van der Waals surface area contributed by atoms with Gasteiger partial charge in [-0.2, -0.15) is 5.10 Å². The summed E-state index contributed by atoms with van der Waals surface area (Å²) >= 11 is 6.92. The summed E-state index contributed by atoms with van der Waals surface area (Å²) in [5.41, 5.74) is 8.14. The molecule has 0 radical (unpaired) electrons. The maximum absolute atomic E-state index is 13.1. The summed E-state index contributed by atoms with van der Waals surface area (Å²) < 4.78 is 41.7. The van der Waals surface area contributed by atoms with E-state index < -0.39 is 27.6 Å². The first-order valence-corrected chi connectivity index (χ1v) is 16.4. The molecule has 0 saturated heterocycles. The fourth-order valence-corrected chi connectivity index (χ4v) is 6.97. The number of thiophene rings is 1. The summed E-state index contributed by atoms with van der Waals surface area (Å²) in [5, 5.41) is 5.14. The number of ether oxygens (including phenoxy) is 2. The first-order valence-electron chi connectivity index (χ1n) is 13.8. The third-order valence-electron chi connectivity index (χ3n) is 6.55. The summed E-state index contributed by atoms with van der Waals surface area (Å²) in [6, 6.07) is 15.1. The van der Waals surface area contributed by atoms with E-state index >= 15 is 0 Å². The number of hydrogen-bond donors (Lipinski definition) is 2. The van der Waals surface area contributed by atoms with Crippen LogP contribution in [0.25, 0.3) is 10.9 Å². The lowest BCUT2D eigenvalue weighted by molar-refractivity contribution is -0.157. The Balaban J connectivity index is 1.48. The highest BCUT2D eigenvalue weighted by Gasteiger charge is 2.25. The van der Waals surface area contributed by atoms with Crippen molar-refractivity contribution >= 4 is 61.4 Å². The van der Waals surface area contributed by atoms with Crippen molar-refractivity contribution in [1.29, 1.82) is 0 Å².